The van der Waals surface area contributed by atoms with E-state index in [1.54, 1.807) is 17.1 Å². The molecule has 0 aliphatic carbocycles. The number of pyridine rings is 1. The molecule has 0 saturated carbocycles. The van der Waals surface area contributed by atoms with Gasteiger partial charge in [0.25, 0.3) is 0 Å². The van der Waals surface area contributed by atoms with Crippen molar-refractivity contribution in [3.05, 3.63) is 47.5 Å². The standard InChI is InChI=1S/C17H24N4O/c1-11(2)16(14-6-8-18-9-7-14)17(22)19-12(3)15-10-21(5)20-13(15)4/h6-12,16H,1-5H3,(H,19,22)/t12-,16-/m1/s1. The van der Waals surface area contributed by atoms with Crippen molar-refractivity contribution >= 4 is 5.91 Å². The van der Waals surface area contributed by atoms with Gasteiger partial charge in [-0.1, -0.05) is 13.8 Å². The second-order valence-corrected chi connectivity index (χ2v) is 6.08. The third-order valence-corrected chi connectivity index (χ3v) is 3.89. The van der Waals surface area contributed by atoms with E-state index in [4.69, 9.17) is 0 Å². The van der Waals surface area contributed by atoms with Gasteiger partial charge in [-0.3, -0.25) is 14.5 Å². The van der Waals surface area contributed by atoms with Crippen LogP contribution < -0.4 is 5.32 Å². The van der Waals surface area contributed by atoms with Crippen LogP contribution in [-0.4, -0.2) is 20.7 Å². The second kappa shape index (κ2) is 6.73. The van der Waals surface area contributed by atoms with E-state index in [0.29, 0.717) is 0 Å². The molecule has 0 bridgehead atoms. The number of rotatable bonds is 5. The zero-order valence-corrected chi connectivity index (χ0v) is 13.9. The quantitative estimate of drug-likeness (QED) is 0.923. The summed E-state index contributed by atoms with van der Waals surface area (Å²) < 4.78 is 1.77. The van der Waals surface area contributed by atoms with E-state index in [1.807, 2.05) is 39.2 Å². The smallest absolute Gasteiger partial charge is 0.228 e. The molecule has 2 aromatic rings. The van der Waals surface area contributed by atoms with Crippen molar-refractivity contribution in [1.82, 2.24) is 20.1 Å². The summed E-state index contributed by atoms with van der Waals surface area (Å²) in [7, 11) is 1.89. The van der Waals surface area contributed by atoms with Crippen LogP contribution in [0.15, 0.2) is 30.7 Å². The normalized spacial score (nSPS) is 13.9. The zero-order valence-electron chi connectivity index (χ0n) is 13.9. The van der Waals surface area contributed by atoms with E-state index >= 15 is 0 Å². The van der Waals surface area contributed by atoms with Crippen LogP contribution in [0, 0.1) is 12.8 Å². The lowest BCUT2D eigenvalue weighted by Gasteiger charge is -2.23. The Labute approximate surface area is 131 Å². The fraction of sp³-hybridized carbons (Fsp3) is 0.471. The molecule has 0 unspecified atom stereocenters. The maximum absolute atomic E-state index is 12.7. The highest BCUT2D eigenvalue weighted by molar-refractivity contribution is 5.84. The van der Waals surface area contributed by atoms with Crippen molar-refractivity contribution in [2.24, 2.45) is 13.0 Å². The van der Waals surface area contributed by atoms with E-state index < -0.39 is 0 Å². The highest BCUT2D eigenvalue weighted by atomic mass is 16.2. The number of aryl methyl sites for hydroxylation is 2. The summed E-state index contributed by atoms with van der Waals surface area (Å²) in [6.45, 7) is 8.07. The van der Waals surface area contributed by atoms with E-state index in [0.717, 1.165) is 16.8 Å². The maximum atomic E-state index is 12.7. The lowest BCUT2D eigenvalue weighted by molar-refractivity contribution is -0.124. The van der Waals surface area contributed by atoms with Crippen molar-refractivity contribution in [3.8, 4) is 0 Å². The first-order chi connectivity index (χ1) is 10.4. The van der Waals surface area contributed by atoms with Crippen LogP contribution in [0.4, 0.5) is 0 Å². The van der Waals surface area contributed by atoms with Gasteiger partial charge in [0.05, 0.1) is 17.7 Å². The minimum Gasteiger partial charge on any atom is -0.349 e. The van der Waals surface area contributed by atoms with Gasteiger partial charge in [-0.2, -0.15) is 5.10 Å². The predicted octanol–water partition coefficient (Wildman–Crippen LogP) is 2.74. The average Bonchev–Trinajstić information content (AvgIpc) is 2.78. The number of carbonyl (C=O) groups is 1. The molecule has 0 aliphatic heterocycles. The van der Waals surface area contributed by atoms with Gasteiger partial charge in [-0.15, -0.1) is 0 Å². The number of carbonyl (C=O) groups excluding carboxylic acids is 1. The minimum atomic E-state index is -0.178. The molecule has 5 heteroatoms. The van der Waals surface area contributed by atoms with E-state index in [-0.39, 0.29) is 23.8 Å². The number of nitrogens with zero attached hydrogens (tertiary/aromatic N) is 3. The molecular weight excluding hydrogens is 276 g/mol. The fourth-order valence-corrected chi connectivity index (χ4v) is 2.83. The number of hydrogen-bond donors (Lipinski definition) is 1. The van der Waals surface area contributed by atoms with Crippen LogP contribution >= 0.6 is 0 Å². The number of nitrogens with one attached hydrogen (secondary N) is 1. The molecule has 118 valence electrons. The molecule has 0 spiro atoms. The number of aromatic nitrogens is 3. The van der Waals surface area contributed by atoms with E-state index in [1.165, 1.54) is 0 Å². The Kier molecular flexibility index (Phi) is 4.96. The van der Waals surface area contributed by atoms with Gasteiger partial charge in [0.2, 0.25) is 5.91 Å². The summed E-state index contributed by atoms with van der Waals surface area (Å²) in [6.07, 6.45) is 5.41. The van der Waals surface area contributed by atoms with Crippen molar-refractivity contribution in [1.29, 1.82) is 0 Å². The van der Waals surface area contributed by atoms with Crippen molar-refractivity contribution in [3.63, 3.8) is 0 Å². The van der Waals surface area contributed by atoms with Crippen LogP contribution in [0.5, 0.6) is 0 Å². The van der Waals surface area contributed by atoms with Gasteiger partial charge < -0.3 is 5.32 Å². The van der Waals surface area contributed by atoms with Gasteiger partial charge in [0.1, 0.15) is 0 Å². The molecule has 0 saturated heterocycles. The first-order valence-electron chi connectivity index (χ1n) is 7.60. The Morgan fingerprint density at radius 2 is 1.86 bits per heavy atom. The van der Waals surface area contributed by atoms with Crippen molar-refractivity contribution < 1.29 is 4.79 Å². The lowest BCUT2D eigenvalue weighted by atomic mass is 9.88. The molecule has 0 aromatic carbocycles. The van der Waals surface area contributed by atoms with Crippen LogP contribution in [-0.2, 0) is 11.8 Å². The summed E-state index contributed by atoms with van der Waals surface area (Å²) in [5.41, 5.74) is 2.99. The van der Waals surface area contributed by atoms with E-state index in [2.05, 4.69) is 29.2 Å². The molecule has 2 aromatic heterocycles. The average molecular weight is 300 g/mol. The highest BCUT2D eigenvalue weighted by Crippen LogP contribution is 2.26. The summed E-state index contributed by atoms with van der Waals surface area (Å²) >= 11 is 0. The second-order valence-electron chi connectivity index (χ2n) is 6.08. The molecule has 0 aliphatic rings. The number of amides is 1. The molecule has 22 heavy (non-hydrogen) atoms. The van der Waals surface area contributed by atoms with Gasteiger partial charge in [0, 0.05) is 31.2 Å². The summed E-state index contributed by atoms with van der Waals surface area (Å²) in [6, 6.07) is 3.75. The van der Waals surface area contributed by atoms with Crippen LogP contribution in [0.25, 0.3) is 0 Å². The molecular formula is C17H24N4O. The Bertz CT molecular complexity index is 633. The first kappa shape index (κ1) is 16.2. The monoisotopic (exact) mass is 300 g/mol. The predicted molar refractivity (Wildman–Crippen MR) is 86.3 cm³/mol. The van der Waals surface area contributed by atoms with Crippen LogP contribution in [0.3, 0.4) is 0 Å². The zero-order chi connectivity index (χ0) is 16.3. The van der Waals surface area contributed by atoms with Crippen molar-refractivity contribution in [2.75, 3.05) is 0 Å². The molecule has 0 fully saturated rings. The van der Waals surface area contributed by atoms with Gasteiger partial charge in [0.15, 0.2) is 0 Å². The summed E-state index contributed by atoms with van der Waals surface area (Å²) in [5, 5.41) is 7.45. The number of hydrogen-bond acceptors (Lipinski definition) is 3. The van der Waals surface area contributed by atoms with Gasteiger partial charge >= 0.3 is 0 Å². The highest BCUT2D eigenvalue weighted by Gasteiger charge is 2.26. The van der Waals surface area contributed by atoms with Crippen molar-refractivity contribution in [2.45, 2.75) is 39.7 Å². The van der Waals surface area contributed by atoms with Gasteiger partial charge in [-0.05, 0) is 37.5 Å². The Hall–Kier alpha value is -2.17. The van der Waals surface area contributed by atoms with Crippen LogP contribution in [0.1, 0.15) is 49.6 Å². The van der Waals surface area contributed by atoms with Gasteiger partial charge in [-0.25, -0.2) is 0 Å². The Morgan fingerprint density at radius 3 is 2.36 bits per heavy atom. The molecule has 2 atom stereocenters. The molecule has 2 rings (SSSR count). The molecule has 1 N–H and O–H groups in total. The maximum Gasteiger partial charge on any atom is 0.228 e. The van der Waals surface area contributed by atoms with E-state index in [9.17, 15) is 4.79 Å². The lowest BCUT2D eigenvalue weighted by Crippen LogP contribution is -2.34. The largest absolute Gasteiger partial charge is 0.349 e. The fourth-order valence-electron chi connectivity index (χ4n) is 2.83. The summed E-state index contributed by atoms with van der Waals surface area (Å²) in [5.74, 6) is 0.0731. The third kappa shape index (κ3) is 3.53. The Balaban J connectivity index is 2.17. The topological polar surface area (TPSA) is 59.8 Å². The molecule has 2 heterocycles. The third-order valence-electron chi connectivity index (χ3n) is 3.89. The first-order valence-corrected chi connectivity index (χ1v) is 7.60. The Morgan fingerprint density at radius 1 is 1.23 bits per heavy atom. The SMILES string of the molecule is Cc1nn(C)cc1[C@@H](C)NC(=O)[C@@H](c1ccncc1)C(C)C. The minimum absolute atomic E-state index is 0.0388. The summed E-state index contributed by atoms with van der Waals surface area (Å²) in [4.78, 5) is 16.8. The molecule has 0 radical (unpaired) electrons. The molecule has 5 nitrogen and oxygen atoms in total. The molecule has 1 amide bonds. The van der Waals surface area contributed by atoms with Crippen LogP contribution in [0.2, 0.25) is 0 Å².